The van der Waals surface area contributed by atoms with Crippen LogP contribution in [0.2, 0.25) is 18.1 Å². The van der Waals surface area contributed by atoms with Crippen molar-refractivity contribution in [1.82, 2.24) is 0 Å². The van der Waals surface area contributed by atoms with Crippen LogP contribution >= 0.6 is 23.2 Å². The zero-order valence-corrected chi connectivity index (χ0v) is 23.3. The van der Waals surface area contributed by atoms with Gasteiger partial charge in [0.1, 0.15) is 16.1 Å². The first kappa shape index (κ1) is 28.1. The summed E-state index contributed by atoms with van der Waals surface area (Å²) in [5.74, 6) is -0.414. The van der Waals surface area contributed by atoms with Gasteiger partial charge in [-0.2, -0.15) is 0 Å². The van der Waals surface area contributed by atoms with Gasteiger partial charge in [0.15, 0.2) is 5.83 Å². The highest BCUT2D eigenvalue weighted by atomic mass is 35.5. The van der Waals surface area contributed by atoms with Crippen LogP contribution in [-0.4, -0.2) is 8.80 Å². The Bertz CT molecular complexity index is 770. The zero-order valence-electron chi connectivity index (χ0n) is 20.7. The third-order valence-corrected chi connectivity index (χ3v) is 12.3. The molecule has 0 amide bonds. The van der Waals surface area contributed by atoms with Gasteiger partial charge in [0.25, 0.3) is 0 Å². The number of aryl methyl sites for hydroxylation is 1. The molecule has 0 atom stereocenters. The molecule has 2 fully saturated rings. The summed E-state index contributed by atoms with van der Waals surface area (Å²) in [7, 11) is -0.407. The summed E-state index contributed by atoms with van der Waals surface area (Å²) in [6, 6.07) is 7.17. The second-order valence-electron chi connectivity index (χ2n) is 10.8. The lowest BCUT2D eigenvalue weighted by molar-refractivity contribution is 0.184. The van der Waals surface area contributed by atoms with E-state index >= 15 is 0 Å². The molecule has 0 unspecified atom stereocenters. The minimum atomic E-state index is -1.26. The summed E-state index contributed by atoms with van der Waals surface area (Å²) >= 11 is 10.7. The zero-order chi connectivity index (χ0) is 24.5. The molecule has 3 rings (SSSR count). The quantitative estimate of drug-likeness (QED) is 0.196. The van der Waals surface area contributed by atoms with Crippen molar-refractivity contribution in [2.75, 3.05) is 0 Å². The molecule has 0 N–H and O–H groups in total. The topological polar surface area (TPSA) is 0 Å². The van der Waals surface area contributed by atoms with Crippen LogP contribution in [0.25, 0.3) is 5.83 Å². The lowest BCUT2D eigenvalue weighted by atomic mass is 9.73. The van der Waals surface area contributed by atoms with E-state index in [4.69, 9.17) is 23.2 Å². The second kappa shape index (κ2) is 14.3. The van der Waals surface area contributed by atoms with Crippen molar-refractivity contribution in [2.24, 2.45) is 17.8 Å². The number of rotatable bonds is 11. The Morgan fingerprint density at radius 1 is 0.882 bits per heavy atom. The van der Waals surface area contributed by atoms with Crippen molar-refractivity contribution in [3.63, 3.8) is 0 Å². The number of hydrogen-bond acceptors (Lipinski definition) is 0. The molecule has 1 aliphatic heterocycles. The Hall–Kier alpha value is -0.453. The largest absolute Gasteiger partial charge is 0.206 e. The molecule has 1 aliphatic carbocycles. The first-order valence-electron chi connectivity index (χ1n) is 13.6. The van der Waals surface area contributed by atoms with E-state index in [-0.39, 0.29) is 0 Å². The first-order valence-corrected chi connectivity index (χ1v) is 16.8. The Labute approximate surface area is 216 Å². The number of unbranched alkanes of at least 4 members (excludes halogenated alkanes) is 3. The Balaban J connectivity index is 1.33. The third-order valence-electron chi connectivity index (χ3n) is 8.48. The van der Waals surface area contributed by atoms with E-state index in [1.165, 1.54) is 76.3 Å². The maximum Gasteiger partial charge on any atom is 0.166 e. The van der Waals surface area contributed by atoms with Crippen molar-refractivity contribution < 1.29 is 13.2 Å². The van der Waals surface area contributed by atoms with Crippen molar-refractivity contribution in [2.45, 2.75) is 109 Å². The minimum absolute atomic E-state index is 0.407. The van der Waals surface area contributed by atoms with E-state index < -0.39 is 36.3 Å². The van der Waals surface area contributed by atoms with Crippen molar-refractivity contribution >= 4 is 37.8 Å². The van der Waals surface area contributed by atoms with Crippen LogP contribution in [0.15, 0.2) is 16.6 Å². The standard InChI is InChI=1S/C28H41Cl2F3Si/c1-2-3-6-15-34-16-13-23(14-17-34)22-11-9-20(10-12-22)7-4-5-8-21-18-24(31)26(25(32)19-21)27(33)28(29)30/h18-20,22-23,34H,2-17H2,1H3/t20-,22-,23-,34-. The van der Waals surface area contributed by atoms with Gasteiger partial charge in [-0.15, -0.1) is 0 Å². The van der Waals surface area contributed by atoms with E-state index in [0.717, 1.165) is 30.6 Å². The Kier molecular flexibility index (Phi) is 11.9. The second-order valence-corrected chi connectivity index (χ2v) is 15.2. The van der Waals surface area contributed by atoms with E-state index in [0.29, 0.717) is 12.0 Å². The van der Waals surface area contributed by atoms with Gasteiger partial charge in [0, 0.05) is 8.80 Å². The predicted octanol–water partition coefficient (Wildman–Crippen LogP) is 10.4. The smallest absolute Gasteiger partial charge is 0.166 e. The van der Waals surface area contributed by atoms with Gasteiger partial charge in [0.05, 0.1) is 5.56 Å². The Morgan fingerprint density at radius 2 is 1.50 bits per heavy atom. The number of hydrogen-bond donors (Lipinski definition) is 0. The summed E-state index contributed by atoms with van der Waals surface area (Å²) in [4.78, 5) is 0. The highest BCUT2D eigenvalue weighted by molar-refractivity contribution is 6.59. The van der Waals surface area contributed by atoms with Crippen molar-refractivity contribution in [1.29, 1.82) is 0 Å². The molecule has 1 aromatic carbocycles. The minimum Gasteiger partial charge on any atom is -0.206 e. The molecule has 0 radical (unpaired) electrons. The predicted molar refractivity (Wildman–Crippen MR) is 143 cm³/mol. The molecule has 1 aromatic rings. The highest BCUT2D eigenvalue weighted by Gasteiger charge is 2.31. The molecule has 1 heterocycles. The monoisotopic (exact) mass is 532 g/mol. The summed E-state index contributed by atoms with van der Waals surface area (Å²) in [5.41, 5.74) is -0.234. The molecule has 1 saturated carbocycles. The normalized spacial score (nSPS) is 25.4. The number of halogens is 5. The molecule has 6 heteroatoms. The average Bonchev–Trinajstić information content (AvgIpc) is 2.82. The van der Waals surface area contributed by atoms with Gasteiger partial charge in [0.2, 0.25) is 0 Å². The van der Waals surface area contributed by atoms with Crippen LogP contribution in [0.4, 0.5) is 13.2 Å². The summed E-state index contributed by atoms with van der Waals surface area (Å²) in [6.07, 6.45) is 16.5. The van der Waals surface area contributed by atoms with E-state index in [9.17, 15) is 13.2 Å². The molecule has 192 valence electrons. The molecular formula is C28H41Cl2F3Si. The van der Waals surface area contributed by atoms with Gasteiger partial charge in [-0.3, -0.25) is 0 Å². The van der Waals surface area contributed by atoms with Crippen LogP contribution in [0.5, 0.6) is 0 Å². The molecule has 34 heavy (non-hydrogen) atoms. The fourth-order valence-electron chi connectivity index (χ4n) is 6.42. The van der Waals surface area contributed by atoms with Crippen LogP contribution in [0.1, 0.15) is 95.1 Å². The summed E-state index contributed by atoms with van der Waals surface area (Å²) < 4.78 is 41.4. The van der Waals surface area contributed by atoms with Gasteiger partial charge in [-0.05, 0) is 61.1 Å². The van der Waals surface area contributed by atoms with E-state index in [1.807, 2.05) is 0 Å². The molecule has 0 aromatic heterocycles. The molecule has 0 nitrogen and oxygen atoms in total. The van der Waals surface area contributed by atoms with Crippen LogP contribution < -0.4 is 0 Å². The summed E-state index contributed by atoms with van der Waals surface area (Å²) in [5, 5.41) is 0. The average molecular weight is 534 g/mol. The lowest BCUT2D eigenvalue weighted by Crippen LogP contribution is -2.28. The highest BCUT2D eigenvalue weighted by Crippen LogP contribution is 2.42. The van der Waals surface area contributed by atoms with E-state index in [2.05, 4.69) is 6.92 Å². The third kappa shape index (κ3) is 8.30. The molecule has 1 saturated heterocycles. The van der Waals surface area contributed by atoms with Gasteiger partial charge < -0.3 is 0 Å². The fourth-order valence-corrected chi connectivity index (χ4v) is 10.1. The number of benzene rings is 1. The van der Waals surface area contributed by atoms with E-state index in [1.54, 1.807) is 18.1 Å². The molecule has 2 aliphatic rings. The lowest BCUT2D eigenvalue weighted by Gasteiger charge is -2.37. The van der Waals surface area contributed by atoms with Crippen molar-refractivity contribution in [3.05, 3.63) is 39.4 Å². The van der Waals surface area contributed by atoms with Crippen molar-refractivity contribution in [3.8, 4) is 0 Å². The maximum atomic E-state index is 14.2. The van der Waals surface area contributed by atoms with Crippen LogP contribution in [-0.2, 0) is 6.42 Å². The first-order chi connectivity index (χ1) is 16.4. The SMILES string of the molecule is CCCCC[Si@H]1CC[C@H]([C@H]2CC[C@H](CCCCc3cc(F)c(C(F)=C(Cl)Cl)c(F)c3)CC2)CC1. The van der Waals surface area contributed by atoms with Gasteiger partial charge in [-0.1, -0.05) is 106 Å². The van der Waals surface area contributed by atoms with Crippen LogP contribution in [0, 0.1) is 29.4 Å². The Morgan fingerprint density at radius 3 is 2.09 bits per heavy atom. The molecule has 0 bridgehead atoms. The fraction of sp³-hybridized carbons (Fsp3) is 0.714. The maximum absolute atomic E-state index is 14.2. The van der Waals surface area contributed by atoms with Crippen LogP contribution in [0.3, 0.4) is 0 Å². The van der Waals surface area contributed by atoms with Gasteiger partial charge in [-0.25, -0.2) is 13.2 Å². The van der Waals surface area contributed by atoms with Gasteiger partial charge >= 0.3 is 0 Å². The molecular weight excluding hydrogens is 492 g/mol. The molecule has 0 spiro atoms. The summed E-state index contributed by atoms with van der Waals surface area (Å²) in [6.45, 7) is 2.30.